The average molecular weight is 150 g/mol. The van der Waals surface area contributed by atoms with Crippen molar-refractivity contribution in [3.8, 4) is 0 Å². The molecule has 0 amide bonds. The summed E-state index contributed by atoms with van der Waals surface area (Å²) < 4.78 is 0. The Balaban J connectivity index is 2.32. The summed E-state index contributed by atoms with van der Waals surface area (Å²) >= 11 is 0. The zero-order valence-corrected chi connectivity index (χ0v) is 6.29. The highest BCUT2D eigenvalue weighted by molar-refractivity contribution is 6.05. The number of fused-ring (bicyclic) bond motifs is 2. The van der Waals surface area contributed by atoms with Gasteiger partial charge in [-0.1, -0.05) is 0 Å². The van der Waals surface area contributed by atoms with Gasteiger partial charge in [-0.15, -0.1) is 0 Å². The number of hydrogen-bond donors (Lipinski definition) is 0. The van der Waals surface area contributed by atoms with E-state index in [-0.39, 0.29) is 11.7 Å². The quantitative estimate of drug-likeness (QED) is 0.376. The normalized spacial score (nSPS) is 35.6. The Morgan fingerprint density at radius 2 is 2.36 bits per heavy atom. The second-order valence-electron chi connectivity index (χ2n) is 3.45. The van der Waals surface area contributed by atoms with Crippen LogP contribution in [0.25, 0.3) is 5.53 Å². The molecule has 3 heteroatoms. The van der Waals surface area contributed by atoms with Crippen LogP contribution in [0.2, 0.25) is 0 Å². The van der Waals surface area contributed by atoms with E-state index < -0.39 is 0 Å². The van der Waals surface area contributed by atoms with Crippen LogP contribution in [0, 0.1) is 11.8 Å². The molecule has 0 radical (unpaired) electrons. The van der Waals surface area contributed by atoms with Crippen molar-refractivity contribution in [3.05, 3.63) is 5.53 Å². The molecule has 2 atom stereocenters. The maximum atomic E-state index is 11.2. The van der Waals surface area contributed by atoms with Crippen molar-refractivity contribution < 1.29 is 9.58 Å². The predicted molar refractivity (Wildman–Crippen MR) is 39.1 cm³/mol. The largest absolute Gasteiger partial charge is 0.362 e. The minimum atomic E-state index is -0.0289. The summed E-state index contributed by atoms with van der Waals surface area (Å²) in [5.41, 5.74) is 9.28. The predicted octanol–water partition coefficient (Wildman–Crippen LogP) is 1.05. The van der Waals surface area contributed by atoms with Crippen molar-refractivity contribution >= 4 is 11.5 Å². The number of carbonyl (C=O) groups is 1. The Morgan fingerprint density at radius 1 is 1.55 bits per heavy atom. The smallest absolute Gasteiger partial charge is 0.279 e. The Bertz CT molecular complexity index is 253. The minimum Gasteiger partial charge on any atom is -0.362 e. The van der Waals surface area contributed by atoms with Gasteiger partial charge in [-0.2, -0.15) is 4.79 Å². The van der Waals surface area contributed by atoms with Crippen LogP contribution in [0.15, 0.2) is 0 Å². The summed E-state index contributed by atoms with van der Waals surface area (Å²) in [4.78, 5) is 14.4. The molecule has 0 spiro atoms. The third kappa shape index (κ3) is 0.925. The summed E-state index contributed by atoms with van der Waals surface area (Å²) in [5, 5.41) is 0. The third-order valence-corrected chi connectivity index (χ3v) is 2.79. The van der Waals surface area contributed by atoms with Gasteiger partial charge in [-0.25, -0.2) is 0 Å². The van der Waals surface area contributed by atoms with E-state index in [0.717, 1.165) is 19.3 Å². The molecule has 2 saturated carbocycles. The van der Waals surface area contributed by atoms with Gasteiger partial charge in [0.1, 0.15) is 11.7 Å². The van der Waals surface area contributed by atoms with E-state index in [1.54, 1.807) is 0 Å². The first-order chi connectivity index (χ1) is 5.31. The lowest BCUT2D eigenvalue weighted by Gasteiger charge is -2.11. The molecule has 11 heavy (non-hydrogen) atoms. The zero-order chi connectivity index (χ0) is 7.84. The van der Waals surface area contributed by atoms with Gasteiger partial charge >= 0.3 is 0 Å². The van der Waals surface area contributed by atoms with Crippen LogP contribution in [0.1, 0.15) is 25.7 Å². The van der Waals surface area contributed by atoms with Gasteiger partial charge in [0.25, 0.3) is 5.71 Å². The first kappa shape index (κ1) is 6.74. The lowest BCUT2D eigenvalue weighted by Crippen LogP contribution is -2.22. The Kier molecular flexibility index (Phi) is 1.40. The third-order valence-electron chi connectivity index (χ3n) is 2.79. The average Bonchev–Trinajstić information content (AvgIpc) is 2.30. The van der Waals surface area contributed by atoms with Gasteiger partial charge in [0, 0.05) is 12.8 Å². The van der Waals surface area contributed by atoms with E-state index in [0.29, 0.717) is 18.1 Å². The Hall–Kier alpha value is -0.950. The fourth-order valence-corrected chi connectivity index (χ4v) is 2.16. The molecular weight excluding hydrogens is 140 g/mol. The topological polar surface area (TPSA) is 53.5 Å². The van der Waals surface area contributed by atoms with Crippen molar-refractivity contribution in [1.29, 1.82) is 0 Å². The Morgan fingerprint density at radius 3 is 3.09 bits per heavy atom. The molecule has 2 fully saturated rings. The number of carbonyl (C=O) groups excluding carboxylic acids is 1. The Labute approximate surface area is 65.0 Å². The monoisotopic (exact) mass is 150 g/mol. The molecule has 2 bridgehead atoms. The van der Waals surface area contributed by atoms with Crippen molar-refractivity contribution in [2.24, 2.45) is 11.8 Å². The van der Waals surface area contributed by atoms with Gasteiger partial charge < -0.3 is 5.53 Å². The van der Waals surface area contributed by atoms with Crippen molar-refractivity contribution in [2.45, 2.75) is 25.7 Å². The first-order valence-electron chi connectivity index (χ1n) is 4.05. The molecule has 0 aliphatic heterocycles. The van der Waals surface area contributed by atoms with E-state index in [2.05, 4.69) is 4.79 Å². The molecule has 2 aliphatic rings. The standard InChI is InChI=1S/C8H10N2O/c9-10-7-2-1-5-3-6(7)8(11)4-5/h5-6H,1-4H2. The fourth-order valence-electron chi connectivity index (χ4n) is 2.16. The summed E-state index contributed by atoms with van der Waals surface area (Å²) in [6, 6.07) is 0. The lowest BCUT2D eigenvalue weighted by molar-refractivity contribution is -0.120. The fraction of sp³-hybridized carbons (Fsp3) is 0.750. The minimum absolute atomic E-state index is 0.0289. The molecule has 0 aromatic rings. The summed E-state index contributed by atoms with van der Waals surface area (Å²) in [7, 11) is 0. The van der Waals surface area contributed by atoms with E-state index in [1.165, 1.54) is 0 Å². The maximum Gasteiger partial charge on any atom is 0.279 e. The van der Waals surface area contributed by atoms with E-state index in [1.807, 2.05) is 0 Å². The summed E-state index contributed by atoms with van der Waals surface area (Å²) in [5.74, 6) is 0.831. The van der Waals surface area contributed by atoms with Gasteiger partial charge in [-0.3, -0.25) is 4.79 Å². The molecule has 0 N–H and O–H groups in total. The second kappa shape index (κ2) is 2.28. The molecule has 0 aromatic carbocycles. The van der Waals surface area contributed by atoms with Crippen molar-refractivity contribution in [2.75, 3.05) is 0 Å². The van der Waals surface area contributed by atoms with Crippen LogP contribution in [0.4, 0.5) is 0 Å². The molecule has 2 unspecified atom stereocenters. The van der Waals surface area contributed by atoms with Crippen LogP contribution < -0.4 is 0 Å². The van der Waals surface area contributed by atoms with Gasteiger partial charge in [0.2, 0.25) is 0 Å². The maximum absolute atomic E-state index is 11.2. The van der Waals surface area contributed by atoms with Crippen LogP contribution in [0.3, 0.4) is 0 Å². The second-order valence-corrected chi connectivity index (χ2v) is 3.45. The molecule has 0 aromatic heterocycles. The molecule has 3 nitrogen and oxygen atoms in total. The van der Waals surface area contributed by atoms with E-state index >= 15 is 0 Å². The van der Waals surface area contributed by atoms with Crippen LogP contribution >= 0.6 is 0 Å². The first-order valence-corrected chi connectivity index (χ1v) is 4.05. The van der Waals surface area contributed by atoms with Crippen molar-refractivity contribution in [1.82, 2.24) is 0 Å². The summed E-state index contributed by atoms with van der Waals surface area (Å²) in [6.07, 6.45) is 3.49. The lowest BCUT2D eigenvalue weighted by atomic mass is 9.87. The van der Waals surface area contributed by atoms with E-state index in [9.17, 15) is 4.79 Å². The van der Waals surface area contributed by atoms with Gasteiger partial charge in [-0.05, 0) is 18.8 Å². The van der Waals surface area contributed by atoms with Crippen molar-refractivity contribution in [3.63, 3.8) is 0 Å². The SMILES string of the molecule is [N-]=[N+]=C1CCC2CC(=O)C1C2. The van der Waals surface area contributed by atoms with Gasteiger partial charge in [0.05, 0.1) is 0 Å². The number of Topliss-reactive ketones (excluding diaryl/α,β-unsaturated/α-hetero) is 1. The number of hydrogen-bond acceptors (Lipinski definition) is 1. The van der Waals surface area contributed by atoms with Gasteiger partial charge in [0.15, 0.2) is 0 Å². The molecule has 2 aliphatic carbocycles. The molecule has 0 heterocycles. The van der Waals surface area contributed by atoms with Crippen LogP contribution in [0.5, 0.6) is 0 Å². The highest BCUT2D eigenvalue weighted by Gasteiger charge is 2.43. The van der Waals surface area contributed by atoms with E-state index in [4.69, 9.17) is 5.53 Å². The molecule has 0 saturated heterocycles. The van der Waals surface area contributed by atoms with Crippen LogP contribution in [-0.4, -0.2) is 16.3 Å². The van der Waals surface area contributed by atoms with Crippen LogP contribution in [-0.2, 0) is 4.79 Å². The zero-order valence-electron chi connectivity index (χ0n) is 6.29. The summed E-state index contributed by atoms with van der Waals surface area (Å²) in [6.45, 7) is 0. The number of nitrogens with zero attached hydrogens (tertiary/aromatic N) is 2. The molecule has 2 rings (SSSR count). The molecular formula is C8H10N2O. The molecule has 58 valence electrons. The highest BCUT2D eigenvalue weighted by atomic mass is 16.1. The highest BCUT2D eigenvalue weighted by Crippen LogP contribution is 2.37. The number of ketones is 1. The number of rotatable bonds is 0.